The Bertz CT molecular complexity index is 1340. The fourth-order valence-corrected chi connectivity index (χ4v) is 5.49. The smallest absolute Gasteiger partial charge is 0.260 e. The Hall–Kier alpha value is -2.59. The lowest BCUT2D eigenvalue weighted by Gasteiger charge is -2.41. The van der Waals surface area contributed by atoms with Crippen molar-refractivity contribution in [3.05, 3.63) is 38.7 Å². The summed E-state index contributed by atoms with van der Waals surface area (Å²) in [6.07, 6.45) is 3.83. The summed E-state index contributed by atoms with van der Waals surface area (Å²) >= 11 is 13.3. The quantitative estimate of drug-likeness (QED) is 0.404. The predicted molar refractivity (Wildman–Crippen MR) is 152 cm³/mol. The third-order valence-corrected chi connectivity index (χ3v) is 7.64. The minimum absolute atomic E-state index is 0.0836. The summed E-state index contributed by atoms with van der Waals surface area (Å²) < 4.78 is 18.7. The normalized spacial score (nSPS) is 16.6. The Morgan fingerprint density at radius 2 is 1.82 bits per heavy atom. The summed E-state index contributed by atoms with van der Waals surface area (Å²) in [6, 6.07) is 3.29. The zero-order chi connectivity index (χ0) is 27.6. The second kappa shape index (κ2) is 11.7. The first-order chi connectivity index (χ1) is 18.1. The van der Waals surface area contributed by atoms with E-state index in [2.05, 4.69) is 41.0 Å². The first-order valence-corrected chi connectivity index (χ1v) is 13.4. The van der Waals surface area contributed by atoms with Gasteiger partial charge in [0, 0.05) is 42.3 Å². The van der Waals surface area contributed by atoms with Crippen LogP contribution in [0.2, 0.25) is 10.0 Å². The average Bonchev–Trinajstić information content (AvgIpc) is 2.90. The zero-order valence-corrected chi connectivity index (χ0v) is 24.2. The summed E-state index contributed by atoms with van der Waals surface area (Å²) in [7, 11) is 4.72. The third kappa shape index (κ3) is 5.71. The number of hydrogen-bond acceptors (Lipinski definition) is 8. The van der Waals surface area contributed by atoms with Crippen LogP contribution < -0.4 is 20.3 Å². The number of methoxy groups -OCH3 is 2. The second-order valence-electron chi connectivity index (χ2n) is 10.3. The summed E-state index contributed by atoms with van der Waals surface area (Å²) in [4.78, 5) is 25.3. The molecule has 1 aromatic carbocycles. The number of nitrogens with zero attached hydrogens (tertiary/aromatic N) is 4. The van der Waals surface area contributed by atoms with Crippen LogP contribution in [0.4, 0.5) is 5.95 Å². The Morgan fingerprint density at radius 1 is 1.13 bits per heavy atom. The van der Waals surface area contributed by atoms with Gasteiger partial charge >= 0.3 is 0 Å². The van der Waals surface area contributed by atoms with Gasteiger partial charge in [-0.25, -0.2) is 4.98 Å². The number of ether oxygens (including phenoxy) is 3. The molecule has 0 radical (unpaired) electrons. The largest absolute Gasteiger partial charge is 0.495 e. The Labute approximate surface area is 233 Å². The summed E-state index contributed by atoms with van der Waals surface area (Å²) in [5.41, 5.74) is 0.893. The van der Waals surface area contributed by atoms with Crippen LogP contribution in [0.25, 0.3) is 22.2 Å². The molecule has 1 aliphatic rings. The maximum absolute atomic E-state index is 14.0. The maximum atomic E-state index is 14.0. The van der Waals surface area contributed by atoms with E-state index in [1.54, 1.807) is 29.9 Å². The van der Waals surface area contributed by atoms with Crippen molar-refractivity contribution in [2.24, 2.45) is 0 Å². The van der Waals surface area contributed by atoms with E-state index in [0.717, 1.165) is 25.9 Å². The Morgan fingerprint density at radius 3 is 2.42 bits per heavy atom. The van der Waals surface area contributed by atoms with Crippen molar-refractivity contribution < 1.29 is 14.2 Å². The summed E-state index contributed by atoms with van der Waals surface area (Å²) in [5, 5.41) is 4.03. The topological polar surface area (TPSA) is 90.7 Å². The van der Waals surface area contributed by atoms with Gasteiger partial charge in [-0.1, -0.05) is 23.2 Å². The molecule has 38 heavy (non-hydrogen) atoms. The Balaban J connectivity index is 1.75. The van der Waals surface area contributed by atoms with Crippen molar-refractivity contribution >= 4 is 40.2 Å². The molecule has 0 aliphatic carbocycles. The van der Waals surface area contributed by atoms with Gasteiger partial charge in [0.15, 0.2) is 0 Å². The fourth-order valence-electron chi connectivity index (χ4n) is 4.78. The molecular formula is C27H35Cl2N5O4. The van der Waals surface area contributed by atoms with Crippen LogP contribution in [0.1, 0.15) is 33.6 Å². The van der Waals surface area contributed by atoms with Crippen LogP contribution in [0.5, 0.6) is 11.5 Å². The van der Waals surface area contributed by atoms with E-state index in [-0.39, 0.29) is 27.2 Å². The highest BCUT2D eigenvalue weighted by Crippen LogP contribution is 2.45. The molecule has 206 valence electrons. The Kier molecular flexibility index (Phi) is 8.72. The highest BCUT2D eigenvalue weighted by Gasteiger charge is 2.28. The number of rotatable bonds is 8. The number of halogens is 2. The van der Waals surface area contributed by atoms with Gasteiger partial charge in [-0.2, -0.15) is 4.98 Å². The molecule has 0 bridgehead atoms. The molecule has 1 N–H and O–H groups in total. The van der Waals surface area contributed by atoms with Crippen molar-refractivity contribution in [2.45, 2.75) is 51.8 Å². The average molecular weight is 565 g/mol. The van der Waals surface area contributed by atoms with E-state index in [0.29, 0.717) is 52.8 Å². The number of anilines is 1. The van der Waals surface area contributed by atoms with Gasteiger partial charge < -0.3 is 19.5 Å². The molecule has 1 fully saturated rings. The lowest BCUT2D eigenvalue weighted by Crippen LogP contribution is -2.49. The molecule has 1 unspecified atom stereocenters. The van der Waals surface area contributed by atoms with E-state index in [9.17, 15) is 4.79 Å². The van der Waals surface area contributed by atoms with Crippen LogP contribution in [0.15, 0.2) is 23.1 Å². The van der Waals surface area contributed by atoms with Crippen molar-refractivity contribution in [3.8, 4) is 22.6 Å². The summed E-state index contributed by atoms with van der Waals surface area (Å²) in [5.74, 6) is 1.10. The van der Waals surface area contributed by atoms with Gasteiger partial charge in [-0.05, 0) is 46.2 Å². The molecule has 2 aromatic heterocycles. The number of aromatic nitrogens is 3. The number of benzene rings is 1. The molecule has 1 aliphatic heterocycles. The van der Waals surface area contributed by atoms with Crippen molar-refractivity contribution in [3.63, 3.8) is 0 Å². The first-order valence-electron chi connectivity index (χ1n) is 12.6. The standard InChI is InChI=1S/C27H35Cl2N5O4/c1-27(2,3)33-9-7-8-17(15-33)38-11-10-34-24-16(14-31-26(30-4)32-24)12-18(25(34)35)21-22(28)19(36-5)13-20(37-6)23(21)29/h12-14,17H,7-11,15H2,1-6H3,(H,30,31,32). The van der Waals surface area contributed by atoms with E-state index in [1.807, 2.05) is 0 Å². The minimum atomic E-state index is -0.305. The monoisotopic (exact) mass is 563 g/mol. The van der Waals surface area contributed by atoms with Crippen molar-refractivity contribution in [2.75, 3.05) is 46.3 Å². The lowest BCUT2D eigenvalue weighted by molar-refractivity contribution is -0.0283. The molecule has 1 atom stereocenters. The van der Waals surface area contributed by atoms with Gasteiger partial charge in [-0.15, -0.1) is 0 Å². The van der Waals surface area contributed by atoms with Gasteiger partial charge in [0.2, 0.25) is 5.95 Å². The van der Waals surface area contributed by atoms with Crippen molar-refractivity contribution in [1.29, 1.82) is 0 Å². The number of fused-ring (bicyclic) bond motifs is 1. The number of hydrogen-bond donors (Lipinski definition) is 1. The number of piperidine rings is 1. The zero-order valence-electron chi connectivity index (χ0n) is 22.7. The number of nitrogens with one attached hydrogen (secondary N) is 1. The van der Waals surface area contributed by atoms with Crippen LogP contribution in [0, 0.1) is 0 Å². The molecule has 0 spiro atoms. The first kappa shape index (κ1) is 28.4. The summed E-state index contributed by atoms with van der Waals surface area (Å²) in [6.45, 7) is 9.22. The molecule has 3 heterocycles. The molecule has 0 amide bonds. The molecular weight excluding hydrogens is 529 g/mol. The third-order valence-electron chi connectivity index (χ3n) is 6.89. The van der Waals surface area contributed by atoms with E-state index in [4.69, 9.17) is 37.4 Å². The SMILES string of the molecule is CNc1ncc2cc(-c3c(Cl)c(OC)cc(OC)c3Cl)c(=O)n(CCOC3CCCN(C(C)(C)C)C3)c2n1. The van der Waals surface area contributed by atoms with Crippen LogP contribution >= 0.6 is 23.2 Å². The molecule has 1 saturated heterocycles. The van der Waals surface area contributed by atoms with E-state index in [1.165, 1.54) is 14.2 Å². The van der Waals surface area contributed by atoms with Gasteiger partial charge in [0.05, 0.1) is 49.1 Å². The highest BCUT2D eigenvalue weighted by atomic mass is 35.5. The van der Waals surface area contributed by atoms with Gasteiger partial charge in [0.1, 0.15) is 17.1 Å². The number of pyridine rings is 1. The fraction of sp³-hybridized carbons (Fsp3) is 0.519. The molecule has 0 saturated carbocycles. The number of likely N-dealkylation sites (tertiary alicyclic amines) is 1. The van der Waals surface area contributed by atoms with Gasteiger partial charge in [-0.3, -0.25) is 14.3 Å². The maximum Gasteiger partial charge on any atom is 0.260 e. The predicted octanol–water partition coefficient (Wildman–Crippen LogP) is 5.10. The van der Waals surface area contributed by atoms with Crippen LogP contribution in [0.3, 0.4) is 0 Å². The lowest BCUT2D eigenvalue weighted by atomic mass is 9.99. The molecule has 9 nitrogen and oxygen atoms in total. The minimum Gasteiger partial charge on any atom is -0.495 e. The second-order valence-corrected chi connectivity index (χ2v) is 11.0. The van der Waals surface area contributed by atoms with E-state index < -0.39 is 0 Å². The van der Waals surface area contributed by atoms with Crippen molar-refractivity contribution in [1.82, 2.24) is 19.4 Å². The molecule has 11 heteroatoms. The molecule has 3 aromatic rings. The van der Waals surface area contributed by atoms with E-state index >= 15 is 0 Å². The highest BCUT2D eigenvalue weighted by molar-refractivity contribution is 6.41. The molecule has 4 rings (SSSR count). The van der Waals surface area contributed by atoms with Crippen LogP contribution in [-0.2, 0) is 11.3 Å². The van der Waals surface area contributed by atoms with Gasteiger partial charge in [0.25, 0.3) is 5.56 Å². The van der Waals surface area contributed by atoms with Crippen LogP contribution in [-0.4, -0.2) is 72.0 Å².